The average Bonchev–Trinajstić information content (AvgIpc) is 3.49. The Morgan fingerprint density at radius 3 is 2.61 bits per heavy atom. The Bertz CT molecular complexity index is 1580. The zero-order chi connectivity index (χ0) is 23.0. The molecule has 164 valence electrons. The first-order chi connectivity index (χ1) is 15.9. The molecule has 10 heteroatoms. The molecule has 3 aromatic heterocycles. The van der Waals surface area contributed by atoms with Crippen LogP contribution in [0.25, 0.3) is 16.9 Å². The molecule has 0 unspecified atom stereocenters. The Labute approximate surface area is 192 Å². The Hall–Kier alpha value is -3.89. The number of rotatable bonds is 6. The molecule has 2 aromatic carbocycles. The van der Waals surface area contributed by atoms with Gasteiger partial charge in [-0.3, -0.25) is 9.52 Å². The Balaban J connectivity index is 1.51. The summed E-state index contributed by atoms with van der Waals surface area (Å²) in [4.78, 5) is 17.7. The van der Waals surface area contributed by atoms with E-state index in [0.717, 1.165) is 12.1 Å². The van der Waals surface area contributed by atoms with E-state index in [1.54, 1.807) is 53.2 Å². The van der Waals surface area contributed by atoms with Crippen LogP contribution in [0, 0.1) is 5.82 Å². The maximum atomic E-state index is 13.2. The summed E-state index contributed by atoms with van der Waals surface area (Å²) in [5, 5.41) is 6.18. The van der Waals surface area contributed by atoms with Gasteiger partial charge in [-0.1, -0.05) is 18.2 Å². The van der Waals surface area contributed by atoms with E-state index in [2.05, 4.69) is 14.8 Å². The minimum Gasteiger partial charge on any atom is -0.287 e. The fourth-order valence-corrected chi connectivity index (χ4v) is 5.11. The standard InChI is InChI=1S/C23H15FN4O3S2/c24-16-6-8-18(9-7-16)33(30,31)27-17-4-1-3-15(13-17)20-10-11-25-23-19(14-26-28(20)23)22(29)21-5-2-12-32-21/h1-14,27H. The fourth-order valence-electron chi connectivity index (χ4n) is 3.38. The van der Waals surface area contributed by atoms with Crippen LogP contribution in [-0.2, 0) is 10.0 Å². The number of nitrogens with zero attached hydrogens (tertiary/aromatic N) is 3. The van der Waals surface area contributed by atoms with Crippen LogP contribution in [0.2, 0.25) is 0 Å². The predicted molar refractivity (Wildman–Crippen MR) is 123 cm³/mol. The van der Waals surface area contributed by atoms with Crippen LogP contribution < -0.4 is 4.72 Å². The molecule has 0 aliphatic heterocycles. The molecule has 33 heavy (non-hydrogen) atoms. The third kappa shape index (κ3) is 4.01. The highest BCUT2D eigenvalue weighted by Crippen LogP contribution is 2.26. The minimum atomic E-state index is -3.90. The number of sulfonamides is 1. The summed E-state index contributed by atoms with van der Waals surface area (Å²) in [6.07, 6.45) is 3.06. The molecule has 0 aliphatic carbocycles. The Kier molecular flexibility index (Phi) is 5.23. The van der Waals surface area contributed by atoms with Crippen molar-refractivity contribution >= 4 is 38.5 Å². The highest BCUT2D eigenvalue weighted by atomic mass is 32.2. The maximum Gasteiger partial charge on any atom is 0.261 e. The maximum absolute atomic E-state index is 13.2. The number of ketones is 1. The Morgan fingerprint density at radius 1 is 1.03 bits per heavy atom. The van der Waals surface area contributed by atoms with E-state index < -0.39 is 15.8 Å². The molecule has 0 saturated carbocycles. The molecule has 7 nitrogen and oxygen atoms in total. The van der Waals surface area contributed by atoms with Crippen molar-refractivity contribution in [3.05, 3.63) is 101 Å². The first kappa shape index (κ1) is 21.0. The molecular formula is C23H15FN4O3S2. The molecular weight excluding hydrogens is 463 g/mol. The summed E-state index contributed by atoms with van der Waals surface area (Å²) in [5.41, 5.74) is 2.41. The van der Waals surface area contributed by atoms with E-state index in [-0.39, 0.29) is 10.7 Å². The second-order valence-electron chi connectivity index (χ2n) is 7.07. The Morgan fingerprint density at radius 2 is 1.85 bits per heavy atom. The molecule has 0 aliphatic rings. The van der Waals surface area contributed by atoms with Gasteiger partial charge in [0.05, 0.1) is 27.2 Å². The van der Waals surface area contributed by atoms with E-state index >= 15 is 0 Å². The first-order valence-corrected chi connectivity index (χ1v) is 12.1. The van der Waals surface area contributed by atoms with Crippen molar-refractivity contribution in [3.8, 4) is 11.3 Å². The van der Waals surface area contributed by atoms with Gasteiger partial charge in [0, 0.05) is 17.4 Å². The zero-order valence-electron chi connectivity index (χ0n) is 16.8. The second-order valence-corrected chi connectivity index (χ2v) is 9.70. The largest absolute Gasteiger partial charge is 0.287 e. The quantitative estimate of drug-likeness (QED) is 0.359. The van der Waals surface area contributed by atoms with Crippen LogP contribution in [-0.4, -0.2) is 28.8 Å². The van der Waals surface area contributed by atoms with E-state index in [1.165, 1.54) is 29.7 Å². The van der Waals surface area contributed by atoms with Gasteiger partial charge in [0.2, 0.25) is 5.78 Å². The zero-order valence-corrected chi connectivity index (χ0v) is 18.5. The van der Waals surface area contributed by atoms with Crippen molar-refractivity contribution in [2.45, 2.75) is 4.90 Å². The molecule has 0 saturated heterocycles. The van der Waals surface area contributed by atoms with Crippen molar-refractivity contribution in [1.82, 2.24) is 14.6 Å². The van der Waals surface area contributed by atoms with Gasteiger partial charge in [0.15, 0.2) is 5.65 Å². The number of fused-ring (bicyclic) bond motifs is 1. The van der Waals surface area contributed by atoms with Crippen molar-refractivity contribution in [2.24, 2.45) is 0 Å². The summed E-state index contributed by atoms with van der Waals surface area (Å²) in [5.74, 6) is -0.681. The van der Waals surface area contributed by atoms with Crippen LogP contribution in [0.4, 0.5) is 10.1 Å². The summed E-state index contributed by atoms with van der Waals surface area (Å²) < 4.78 is 42.5. The number of halogens is 1. The third-order valence-corrected chi connectivity index (χ3v) is 7.19. The lowest BCUT2D eigenvalue weighted by Gasteiger charge is -2.10. The molecule has 0 amide bonds. The lowest BCUT2D eigenvalue weighted by Crippen LogP contribution is -2.13. The monoisotopic (exact) mass is 478 g/mol. The fraction of sp³-hybridized carbons (Fsp3) is 0. The van der Waals surface area contributed by atoms with Crippen molar-refractivity contribution in [2.75, 3.05) is 4.72 Å². The number of thiophene rings is 1. The topological polar surface area (TPSA) is 93.4 Å². The van der Waals surface area contributed by atoms with Gasteiger partial charge in [0.1, 0.15) is 5.82 Å². The second kappa shape index (κ2) is 8.23. The molecule has 0 radical (unpaired) electrons. The lowest BCUT2D eigenvalue weighted by molar-refractivity contribution is 0.104. The van der Waals surface area contributed by atoms with Gasteiger partial charge in [-0.15, -0.1) is 11.3 Å². The van der Waals surface area contributed by atoms with E-state index in [0.29, 0.717) is 33.0 Å². The molecule has 3 heterocycles. The van der Waals surface area contributed by atoms with Crippen LogP contribution in [0.3, 0.4) is 0 Å². The summed E-state index contributed by atoms with van der Waals surface area (Å²) in [7, 11) is -3.90. The minimum absolute atomic E-state index is 0.0515. The summed E-state index contributed by atoms with van der Waals surface area (Å²) >= 11 is 1.34. The third-order valence-electron chi connectivity index (χ3n) is 4.93. The van der Waals surface area contributed by atoms with Crippen LogP contribution >= 0.6 is 11.3 Å². The molecule has 5 aromatic rings. The van der Waals surface area contributed by atoms with Gasteiger partial charge in [-0.05, 0) is 53.9 Å². The van der Waals surface area contributed by atoms with E-state index in [1.807, 2.05) is 5.38 Å². The van der Waals surface area contributed by atoms with Crippen molar-refractivity contribution in [3.63, 3.8) is 0 Å². The number of carbonyl (C=O) groups excluding carboxylic acids is 1. The number of hydrogen-bond acceptors (Lipinski definition) is 6. The molecule has 0 atom stereocenters. The average molecular weight is 479 g/mol. The lowest BCUT2D eigenvalue weighted by atomic mass is 10.1. The van der Waals surface area contributed by atoms with Gasteiger partial charge >= 0.3 is 0 Å². The summed E-state index contributed by atoms with van der Waals surface area (Å²) in [6.45, 7) is 0. The molecule has 0 spiro atoms. The van der Waals surface area contributed by atoms with Gasteiger partial charge in [-0.25, -0.2) is 22.3 Å². The van der Waals surface area contributed by atoms with E-state index in [4.69, 9.17) is 0 Å². The number of aromatic nitrogens is 3. The van der Waals surface area contributed by atoms with Crippen LogP contribution in [0.1, 0.15) is 15.2 Å². The van der Waals surface area contributed by atoms with Crippen molar-refractivity contribution < 1.29 is 17.6 Å². The van der Waals surface area contributed by atoms with Crippen molar-refractivity contribution in [1.29, 1.82) is 0 Å². The highest BCUT2D eigenvalue weighted by molar-refractivity contribution is 7.92. The van der Waals surface area contributed by atoms with Gasteiger partial charge < -0.3 is 0 Å². The van der Waals surface area contributed by atoms with E-state index in [9.17, 15) is 17.6 Å². The van der Waals surface area contributed by atoms with Gasteiger partial charge in [-0.2, -0.15) is 5.10 Å². The number of nitrogens with one attached hydrogen (secondary N) is 1. The molecule has 1 N–H and O–H groups in total. The smallest absolute Gasteiger partial charge is 0.261 e. The highest BCUT2D eigenvalue weighted by Gasteiger charge is 2.19. The number of hydrogen-bond donors (Lipinski definition) is 1. The number of anilines is 1. The number of carbonyl (C=O) groups is 1. The number of benzene rings is 2. The first-order valence-electron chi connectivity index (χ1n) is 9.72. The molecule has 5 rings (SSSR count). The predicted octanol–water partition coefficient (Wildman–Crippen LogP) is 4.63. The summed E-state index contributed by atoms with van der Waals surface area (Å²) in [6, 6.07) is 16.6. The molecule has 0 fully saturated rings. The van der Waals surface area contributed by atoms with Gasteiger partial charge in [0.25, 0.3) is 10.0 Å². The van der Waals surface area contributed by atoms with Crippen LogP contribution in [0.15, 0.2) is 89.4 Å². The normalized spacial score (nSPS) is 11.5. The van der Waals surface area contributed by atoms with Crippen LogP contribution in [0.5, 0.6) is 0 Å². The molecule has 0 bridgehead atoms. The SMILES string of the molecule is O=C(c1cccs1)c1cnn2c(-c3cccc(NS(=O)(=O)c4ccc(F)cc4)c3)ccnc12.